The van der Waals surface area contributed by atoms with Crippen molar-refractivity contribution in [2.45, 2.75) is 26.4 Å². The molecule has 27 heavy (non-hydrogen) atoms. The number of carbonyl (C=O) groups excluding carboxylic acids is 1. The summed E-state index contributed by atoms with van der Waals surface area (Å²) >= 11 is 2.24. The summed E-state index contributed by atoms with van der Waals surface area (Å²) in [6.07, 6.45) is -5.61. The summed E-state index contributed by atoms with van der Waals surface area (Å²) in [4.78, 5) is 11.7. The third kappa shape index (κ3) is 3.13. The Balaban J connectivity index is 2.60. The van der Waals surface area contributed by atoms with Gasteiger partial charge in [-0.3, -0.25) is 0 Å². The van der Waals surface area contributed by atoms with Gasteiger partial charge in [0, 0.05) is 16.9 Å². The van der Waals surface area contributed by atoms with Gasteiger partial charge in [-0.15, -0.1) is 0 Å². The van der Waals surface area contributed by atoms with Crippen LogP contribution >= 0.6 is 15.9 Å². The molecule has 1 aliphatic rings. The highest BCUT2D eigenvalue weighted by Gasteiger charge is 2.71. The summed E-state index contributed by atoms with van der Waals surface area (Å²) in [5.41, 5.74) is -5.26. The average molecular weight is 466 g/mol. The van der Waals surface area contributed by atoms with Crippen LogP contribution in [0.15, 0.2) is 10.6 Å². The molecule has 2 rings (SSSR count). The lowest BCUT2D eigenvalue weighted by atomic mass is 9.87. The molecule has 1 saturated carbocycles. The molecule has 11 heteroatoms. The fourth-order valence-electron chi connectivity index (χ4n) is 3.37. The van der Waals surface area contributed by atoms with E-state index in [9.17, 15) is 45.0 Å². The number of halogens is 9. The third-order valence-electron chi connectivity index (χ3n) is 5.08. The van der Waals surface area contributed by atoms with Gasteiger partial charge in [0.15, 0.2) is 23.3 Å². The molecule has 0 heterocycles. The number of carboxylic acid groups (broad SMARTS) is 1. The van der Waals surface area contributed by atoms with Crippen molar-refractivity contribution in [3.8, 4) is 0 Å². The first-order valence-corrected chi connectivity index (χ1v) is 8.06. The fraction of sp³-hybridized carbons (Fsp3) is 0.438. The quantitative estimate of drug-likeness (QED) is 0.380. The Labute approximate surface area is 156 Å². The first-order valence-electron chi connectivity index (χ1n) is 7.27. The molecule has 1 aromatic rings. The van der Waals surface area contributed by atoms with Gasteiger partial charge in [0.25, 0.3) is 0 Å². The van der Waals surface area contributed by atoms with Gasteiger partial charge >= 0.3 is 6.18 Å². The minimum atomic E-state index is -4.86. The standard InChI is InChI=1S/C16H11BrF8O2/c1-14(2)6(3-7(17)16(23,24)25)15(14,13(26)27)4-5-8(18)10(20)12(22)11(21)9(5)19/h3,6H,4H2,1-2H3,(H,26,27)/p-1. The Bertz CT molecular complexity index is 817. The molecule has 0 aromatic heterocycles. The van der Waals surface area contributed by atoms with E-state index in [2.05, 4.69) is 15.9 Å². The van der Waals surface area contributed by atoms with Gasteiger partial charge in [0.05, 0.1) is 4.48 Å². The second-order valence-electron chi connectivity index (χ2n) is 6.70. The van der Waals surface area contributed by atoms with Crippen molar-refractivity contribution >= 4 is 21.9 Å². The van der Waals surface area contributed by atoms with Crippen molar-refractivity contribution in [2.75, 3.05) is 0 Å². The number of aliphatic carboxylic acids is 1. The molecule has 0 aliphatic heterocycles. The second-order valence-corrected chi connectivity index (χ2v) is 7.55. The van der Waals surface area contributed by atoms with E-state index in [1.165, 1.54) is 13.8 Å². The number of carboxylic acids is 1. The lowest BCUT2D eigenvalue weighted by Crippen LogP contribution is -2.38. The molecule has 0 spiro atoms. The van der Waals surface area contributed by atoms with Crippen molar-refractivity contribution in [3.63, 3.8) is 0 Å². The third-order valence-corrected chi connectivity index (χ3v) is 5.79. The molecule has 0 amide bonds. The summed E-state index contributed by atoms with van der Waals surface area (Å²) in [5, 5.41) is 11.7. The van der Waals surface area contributed by atoms with Gasteiger partial charge in [0.2, 0.25) is 5.82 Å². The molecule has 0 N–H and O–H groups in total. The number of hydrogen-bond donors (Lipinski definition) is 0. The molecule has 0 saturated heterocycles. The highest BCUT2D eigenvalue weighted by Crippen LogP contribution is 2.71. The molecule has 0 radical (unpaired) electrons. The van der Waals surface area contributed by atoms with Gasteiger partial charge in [-0.25, -0.2) is 22.0 Å². The maximum atomic E-state index is 13.9. The maximum absolute atomic E-state index is 13.9. The zero-order valence-corrected chi connectivity index (χ0v) is 15.2. The van der Waals surface area contributed by atoms with E-state index in [1.807, 2.05) is 0 Å². The Kier molecular flexibility index (Phi) is 5.18. The van der Waals surface area contributed by atoms with Crippen LogP contribution < -0.4 is 5.11 Å². The number of benzene rings is 1. The predicted octanol–water partition coefficient (Wildman–Crippen LogP) is 4.16. The maximum Gasteiger partial charge on any atom is 0.422 e. The van der Waals surface area contributed by atoms with Crippen molar-refractivity contribution in [1.29, 1.82) is 0 Å². The van der Waals surface area contributed by atoms with Crippen molar-refractivity contribution < 1.29 is 45.0 Å². The van der Waals surface area contributed by atoms with Crippen LogP contribution in [-0.2, 0) is 11.2 Å². The number of hydrogen-bond acceptors (Lipinski definition) is 2. The number of carbonyl (C=O) groups is 1. The van der Waals surface area contributed by atoms with Crippen molar-refractivity contribution in [2.24, 2.45) is 16.7 Å². The molecule has 1 fully saturated rings. The van der Waals surface area contributed by atoms with Gasteiger partial charge in [-0.05, 0) is 33.7 Å². The van der Waals surface area contributed by atoms with E-state index < -0.39 is 74.4 Å². The molecular formula is C16H10BrF8O2-. The number of rotatable bonds is 4. The van der Waals surface area contributed by atoms with Crippen LogP contribution in [0.3, 0.4) is 0 Å². The van der Waals surface area contributed by atoms with Crippen LogP contribution in [0.1, 0.15) is 19.4 Å². The molecule has 1 aromatic carbocycles. The summed E-state index contributed by atoms with van der Waals surface area (Å²) in [6.45, 7) is 2.37. The van der Waals surface area contributed by atoms with E-state index in [0.717, 1.165) is 0 Å². The number of allylic oxidation sites excluding steroid dienone is 2. The lowest BCUT2D eigenvalue weighted by Gasteiger charge is -2.23. The van der Waals surface area contributed by atoms with Gasteiger partial charge in [-0.2, -0.15) is 13.2 Å². The van der Waals surface area contributed by atoms with Crippen LogP contribution in [-0.4, -0.2) is 12.1 Å². The monoisotopic (exact) mass is 465 g/mol. The summed E-state index contributed by atoms with van der Waals surface area (Å²) < 4.78 is 104. The van der Waals surface area contributed by atoms with Gasteiger partial charge in [0.1, 0.15) is 0 Å². The summed E-state index contributed by atoms with van der Waals surface area (Å²) in [5.74, 6) is -14.9. The van der Waals surface area contributed by atoms with Crippen LogP contribution in [0.5, 0.6) is 0 Å². The van der Waals surface area contributed by atoms with Crippen LogP contribution in [0.2, 0.25) is 0 Å². The first kappa shape index (κ1) is 21.6. The Hall–Kier alpha value is -1.65. The molecule has 150 valence electrons. The Morgan fingerprint density at radius 2 is 1.44 bits per heavy atom. The SMILES string of the molecule is CC1(C)C(C=C(Br)C(F)(F)F)C1(Cc1c(F)c(F)c(F)c(F)c1F)C(=O)[O-]. The Morgan fingerprint density at radius 1 is 1.04 bits per heavy atom. The highest BCUT2D eigenvalue weighted by molar-refractivity contribution is 9.11. The summed E-state index contributed by atoms with van der Waals surface area (Å²) in [7, 11) is 0. The van der Waals surface area contributed by atoms with Gasteiger partial charge < -0.3 is 9.90 Å². The normalized spacial score (nSPS) is 24.9. The van der Waals surface area contributed by atoms with E-state index in [0.29, 0.717) is 6.08 Å². The largest absolute Gasteiger partial charge is 0.549 e. The smallest absolute Gasteiger partial charge is 0.422 e. The van der Waals surface area contributed by atoms with Gasteiger partial charge in [-0.1, -0.05) is 19.9 Å². The second kappa shape index (κ2) is 6.46. The highest BCUT2D eigenvalue weighted by atomic mass is 79.9. The molecule has 2 unspecified atom stereocenters. The Morgan fingerprint density at radius 3 is 1.81 bits per heavy atom. The molecule has 2 atom stereocenters. The fourth-order valence-corrected chi connectivity index (χ4v) is 3.64. The molecule has 1 aliphatic carbocycles. The predicted molar refractivity (Wildman–Crippen MR) is 77.7 cm³/mol. The summed E-state index contributed by atoms with van der Waals surface area (Å²) in [6, 6.07) is 0. The minimum absolute atomic E-state index is 0.488. The van der Waals surface area contributed by atoms with Crippen LogP contribution in [0.25, 0.3) is 0 Å². The zero-order chi connectivity index (χ0) is 21.1. The van der Waals surface area contributed by atoms with Crippen molar-refractivity contribution in [1.82, 2.24) is 0 Å². The number of alkyl halides is 3. The minimum Gasteiger partial charge on any atom is -0.549 e. The lowest BCUT2D eigenvalue weighted by molar-refractivity contribution is -0.315. The molecule has 2 nitrogen and oxygen atoms in total. The van der Waals surface area contributed by atoms with E-state index >= 15 is 0 Å². The molecule has 0 bridgehead atoms. The zero-order valence-electron chi connectivity index (χ0n) is 13.6. The van der Waals surface area contributed by atoms with E-state index in [4.69, 9.17) is 0 Å². The first-order chi connectivity index (χ1) is 12.1. The molecular weight excluding hydrogens is 456 g/mol. The van der Waals surface area contributed by atoms with E-state index in [1.54, 1.807) is 0 Å². The topological polar surface area (TPSA) is 40.1 Å². The van der Waals surface area contributed by atoms with E-state index in [-0.39, 0.29) is 0 Å². The van der Waals surface area contributed by atoms with Crippen molar-refractivity contribution in [3.05, 3.63) is 45.2 Å². The van der Waals surface area contributed by atoms with Crippen LogP contribution in [0.4, 0.5) is 35.1 Å². The average Bonchev–Trinajstić information content (AvgIpc) is 3.02. The van der Waals surface area contributed by atoms with Crippen LogP contribution in [0, 0.1) is 45.8 Å².